The zero-order valence-corrected chi connectivity index (χ0v) is 26.9. The second-order valence-electron chi connectivity index (χ2n) is 12.9. The number of rotatable bonds is 4. The van der Waals surface area contributed by atoms with Gasteiger partial charge in [-0.05, 0) is 58.7 Å². The first-order valence-electron chi connectivity index (χ1n) is 15.4. The maximum atomic E-state index is 14.2. The maximum absolute atomic E-state index is 14.2. The predicted octanol–water partition coefficient (Wildman–Crippen LogP) is 9.48. The summed E-state index contributed by atoms with van der Waals surface area (Å²) in [6.45, 7) is 8.84. The molecule has 0 saturated carbocycles. The highest BCUT2D eigenvalue weighted by Gasteiger charge is 2.41. The summed E-state index contributed by atoms with van der Waals surface area (Å²) >= 11 is 0. The Hall–Kier alpha value is -5.36. The molecule has 6 heteroatoms. The Morgan fingerprint density at radius 2 is 0.783 bits per heavy atom. The van der Waals surface area contributed by atoms with Crippen molar-refractivity contribution in [2.75, 3.05) is 24.0 Å². The highest BCUT2D eigenvalue weighted by atomic mass is 16.5. The number of hydrogen-bond donors (Lipinski definition) is 0. The normalized spacial score (nSPS) is 15.2. The van der Waals surface area contributed by atoms with Gasteiger partial charge in [0.2, 0.25) is 0 Å². The van der Waals surface area contributed by atoms with Gasteiger partial charge in [0.15, 0.2) is 0 Å². The van der Waals surface area contributed by atoms with Crippen LogP contribution in [0, 0.1) is 0 Å². The van der Waals surface area contributed by atoms with Crippen LogP contribution >= 0.6 is 0 Å². The molecule has 0 N–H and O–H groups in total. The number of hydrogen-bond acceptors (Lipinski definition) is 6. The number of fused-ring (bicyclic) bond motifs is 4. The number of esters is 2. The van der Waals surface area contributed by atoms with Crippen LogP contribution in [0.15, 0.2) is 109 Å². The maximum Gasteiger partial charge on any atom is 0.342 e. The highest BCUT2D eigenvalue weighted by Crippen LogP contribution is 2.56. The number of nitrogens with zero attached hydrogens (tertiary/aromatic N) is 2. The quantitative estimate of drug-likeness (QED) is 0.190. The first-order chi connectivity index (χ1) is 22.1. The molecule has 0 radical (unpaired) electrons. The minimum Gasteiger partial charge on any atom is -0.465 e. The largest absolute Gasteiger partial charge is 0.465 e. The molecule has 5 aromatic rings. The van der Waals surface area contributed by atoms with E-state index in [0.717, 1.165) is 45.0 Å². The lowest BCUT2D eigenvalue weighted by Crippen LogP contribution is -2.33. The molecular weight excluding hydrogens is 572 g/mol. The van der Waals surface area contributed by atoms with Crippen molar-refractivity contribution >= 4 is 46.1 Å². The van der Waals surface area contributed by atoms with E-state index < -0.39 is 11.9 Å². The molecule has 7 rings (SSSR count). The molecule has 0 amide bonds. The molecule has 0 saturated heterocycles. The predicted molar refractivity (Wildman–Crippen MR) is 183 cm³/mol. The van der Waals surface area contributed by atoms with E-state index in [4.69, 9.17) is 9.47 Å². The minimum atomic E-state index is -0.513. The Morgan fingerprint density at radius 3 is 1.09 bits per heavy atom. The average Bonchev–Trinajstić information content (AvgIpc) is 3.08. The molecule has 0 atom stereocenters. The fourth-order valence-corrected chi connectivity index (χ4v) is 7.37. The Bertz CT molecular complexity index is 1820. The van der Waals surface area contributed by atoms with Gasteiger partial charge in [0, 0.05) is 10.8 Å². The van der Waals surface area contributed by atoms with Gasteiger partial charge in [-0.1, -0.05) is 100 Å². The fourth-order valence-electron chi connectivity index (χ4n) is 7.37. The van der Waals surface area contributed by atoms with E-state index >= 15 is 0 Å². The Balaban J connectivity index is 1.62. The van der Waals surface area contributed by atoms with Crippen LogP contribution in [0.5, 0.6) is 0 Å². The summed E-state index contributed by atoms with van der Waals surface area (Å²) in [5, 5.41) is 0. The molecule has 2 aliphatic heterocycles. The van der Waals surface area contributed by atoms with Gasteiger partial charge in [-0.15, -0.1) is 0 Å². The van der Waals surface area contributed by atoms with Gasteiger partial charge in [0.05, 0.1) is 53.9 Å². The van der Waals surface area contributed by atoms with Gasteiger partial charge in [-0.3, -0.25) is 0 Å². The lowest BCUT2D eigenvalue weighted by molar-refractivity contribution is 0.0588. The van der Waals surface area contributed by atoms with E-state index in [2.05, 4.69) is 86.0 Å². The van der Waals surface area contributed by atoms with Gasteiger partial charge >= 0.3 is 11.9 Å². The SMILES string of the molecule is COC(=O)c1cc(N2c3ccccc3C(C)(C)c3ccccc32)c(C(=O)OC)c(N2c3ccccc3C(C)(C)c3ccccc32)c1. The molecule has 0 aliphatic carbocycles. The third kappa shape index (κ3) is 4.17. The van der Waals surface area contributed by atoms with Crippen LogP contribution in [-0.4, -0.2) is 26.2 Å². The zero-order chi connectivity index (χ0) is 32.4. The Labute approximate surface area is 269 Å². The molecule has 6 nitrogen and oxygen atoms in total. The standard InChI is InChI=1S/C40H36N2O4/c1-39(2)26-15-7-11-19-30(26)41(31-20-12-8-16-27(31)39)34-23-25(37(43)45-5)24-35(36(34)38(44)46-6)42-32-21-13-9-17-28(32)40(3,4)29-18-10-14-22-33(29)42/h7-24H,1-6H3. The molecule has 0 spiro atoms. The summed E-state index contributed by atoms with van der Waals surface area (Å²) < 4.78 is 10.9. The van der Waals surface area contributed by atoms with Crippen molar-refractivity contribution in [2.24, 2.45) is 0 Å². The number of carbonyl (C=O) groups is 2. The average molecular weight is 609 g/mol. The van der Waals surface area contributed by atoms with E-state index in [0.29, 0.717) is 22.5 Å². The topological polar surface area (TPSA) is 59.1 Å². The molecule has 2 heterocycles. The first kappa shape index (κ1) is 29.4. The molecule has 2 aliphatic rings. The smallest absolute Gasteiger partial charge is 0.342 e. The summed E-state index contributed by atoms with van der Waals surface area (Å²) in [6, 6.07) is 36.4. The van der Waals surface area contributed by atoms with E-state index in [9.17, 15) is 9.59 Å². The lowest BCUT2D eigenvalue weighted by atomic mass is 9.73. The molecule has 5 aromatic carbocycles. The van der Waals surface area contributed by atoms with Crippen molar-refractivity contribution in [1.29, 1.82) is 0 Å². The highest BCUT2D eigenvalue weighted by molar-refractivity contribution is 6.10. The van der Waals surface area contributed by atoms with Gasteiger partial charge < -0.3 is 19.3 Å². The second-order valence-corrected chi connectivity index (χ2v) is 12.9. The monoisotopic (exact) mass is 608 g/mol. The zero-order valence-electron chi connectivity index (χ0n) is 26.9. The van der Waals surface area contributed by atoms with Crippen molar-refractivity contribution in [2.45, 2.75) is 38.5 Å². The lowest BCUT2D eigenvalue weighted by Gasteiger charge is -2.44. The van der Waals surface area contributed by atoms with E-state index in [1.165, 1.54) is 14.2 Å². The van der Waals surface area contributed by atoms with Crippen LogP contribution in [0.4, 0.5) is 34.1 Å². The van der Waals surface area contributed by atoms with Crippen molar-refractivity contribution < 1.29 is 19.1 Å². The van der Waals surface area contributed by atoms with Crippen molar-refractivity contribution in [3.05, 3.63) is 143 Å². The number of carbonyl (C=O) groups excluding carboxylic acids is 2. The number of methoxy groups -OCH3 is 2. The van der Waals surface area contributed by atoms with Crippen molar-refractivity contribution in [1.82, 2.24) is 0 Å². The van der Waals surface area contributed by atoms with Gasteiger partial charge in [0.1, 0.15) is 5.56 Å². The fraction of sp³-hybridized carbons (Fsp3) is 0.200. The van der Waals surface area contributed by atoms with Crippen LogP contribution in [0.3, 0.4) is 0 Å². The van der Waals surface area contributed by atoms with E-state index in [-0.39, 0.29) is 10.8 Å². The van der Waals surface area contributed by atoms with E-state index in [1.807, 2.05) is 48.5 Å². The Kier molecular flexibility index (Phi) is 6.78. The summed E-state index contributed by atoms with van der Waals surface area (Å²) in [5.74, 6) is -1.02. The third-order valence-electron chi connectivity index (χ3n) is 9.66. The van der Waals surface area contributed by atoms with Crippen LogP contribution in [-0.2, 0) is 20.3 Å². The molecule has 0 unspecified atom stereocenters. The molecule has 0 aromatic heterocycles. The molecule has 46 heavy (non-hydrogen) atoms. The number of benzene rings is 5. The Morgan fingerprint density at radius 1 is 0.478 bits per heavy atom. The number of anilines is 6. The van der Waals surface area contributed by atoms with Gasteiger partial charge in [-0.25, -0.2) is 9.59 Å². The molecule has 0 fully saturated rings. The van der Waals surface area contributed by atoms with Crippen LogP contribution in [0.25, 0.3) is 0 Å². The van der Waals surface area contributed by atoms with Crippen molar-refractivity contribution in [3.63, 3.8) is 0 Å². The van der Waals surface area contributed by atoms with E-state index in [1.54, 1.807) is 12.1 Å². The summed E-state index contributed by atoms with van der Waals surface area (Å²) in [7, 11) is 2.77. The molecular formula is C40H36N2O4. The number of ether oxygens (including phenoxy) is 2. The molecule has 0 bridgehead atoms. The minimum absolute atomic E-state index is 0.311. The van der Waals surface area contributed by atoms with Gasteiger partial charge in [0.25, 0.3) is 0 Å². The summed E-state index contributed by atoms with van der Waals surface area (Å²) in [4.78, 5) is 31.8. The molecule has 230 valence electrons. The van der Waals surface area contributed by atoms with Crippen LogP contribution < -0.4 is 9.80 Å². The third-order valence-corrected chi connectivity index (χ3v) is 9.66. The van der Waals surface area contributed by atoms with Crippen molar-refractivity contribution in [3.8, 4) is 0 Å². The summed E-state index contributed by atoms with van der Waals surface area (Å²) in [5.41, 5.74) is 9.18. The van der Waals surface area contributed by atoms with Gasteiger partial charge in [-0.2, -0.15) is 0 Å². The van der Waals surface area contributed by atoms with Crippen LogP contribution in [0.2, 0.25) is 0 Å². The number of para-hydroxylation sites is 4. The van der Waals surface area contributed by atoms with Crippen LogP contribution in [0.1, 0.15) is 70.7 Å². The first-order valence-corrected chi connectivity index (χ1v) is 15.4. The summed E-state index contributed by atoms with van der Waals surface area (Å²) in [6.07, 6.45) is 0. The second kappa shape index (κ2) is 10.6.